The molecular weight excluding hydrogens is 632 g/mol. The molecule has 1 aliphatic heterocycles. The number of aromatic nitrogens is 4. The third-order valence-electron chi connectivity index (χ3n) is 4.89. The maximum Gasteiger partial charge on any atom is 0.477 e. The minimum absolute atomic E-state index is 0.196. The zero-order valence-corrected chi connectivity index (χ0v) is 22.1. The molecule has 20 nitrogen and oxygen atoms in total. The van der Waals surface area contributed by atoms with Crippen LogP contribution in [0.2, 0.25) is 0 Å². The predicted octanol–water partition coefficient (Wildman–Crippen LogP) is -4.33. The molecule has 8 atom stereocenters. The smallest absolute Gasteiger partial charge is 0.394 e. The van der Waals surface area contributed by atoms with E-state index >= 15 is 0 Å². The minimum Gasteiger partial charge on any atom is -0.394 e. The highest BCUT2D eigenvalue weighted by Crippen LogP contribution is 2.58. The van der Waals surface area contributed by atoms with E-state index in [2.05, 4.69) is 35.2 Å². The van der Waals surface area contributed by atoms with Crippen LogP contribution >= 0.6 is 31.3 Å². The molecular formula is C15H24BrN5O15P2. The number of nitrogens with two attached hydrogens (primary N) is 1. The summed E-state index contributed by atoms with van der Waals surface area (Å²) >= 11 is 3.24. The Kier molecular flexibility index (Phi) is 11.0. The molecule has 23 heteroatoms. The minimum atomic E-state index is -5.57. The van der Waals surface area contributed by atoms with Crippen LogP contribution in [0.1, 0.15) is 6.23 Å². The Bertz CT molecular complexity index is 1230. The lowest BCUT2D eigenvalue weighted by molar-refractivity contribution is -0.133. The predicted molar refractivity (Wildman–Crippen MR) is 124 cm³/mol. The number of nitrogens with zero attached hydrogens (tertiary/aromatic N) is 4. The zero-order chi connectivity index (χ0) is 29.2. The summed E-state index contributed by atoms with van der Waals surface area (Å²) in [6.45, 7) is -1.48. The number of fused-ring (bicyclic) bond motifs is 1. The first-order valence-corrected chi connectivity index (χ1v) is 13.9. The number of imidazole rings is 1. The number of halogens is 1. The summed E-state index contributed by atoms with van der Waals surface area (Å²) in [4.78, 5) is 48.5. The molecule has 0 aliphatic carbocycles. The van der Waals surface area contributed by atoms with E-state index in [4.69, 9.17) is 50.7 Å². The van der Waals surface area contributed by atoms with Gasteiger partial charge in [-0.3, -0.25) is 13.9 Å². The van der Waals surface area contributed by atoms with E-state index in [1.165, 1.54) is 10.9 Å². The van der Waals surface area contributed by atoms with Gasteiger partial charge in [0.05, 0.1) is 13.2 Å². The average molecular weight is 656 g/mol. The van der Waals surface area contributed by atoms with Crippen LogP contribution in [0.15, 0.2) is 11.1 Å². The standard InChI is InChI=1S/C10H12BrN5O4.C5H12O11P2/c11-10-15-4-7(12)13-2-14-8(4)16(10)9-6(19)5(18)3(1-17)20-9;6-1-2(7)3(8)4(9)5(10)17(11,12)16-18(13,14)15/h2-3,5-6,9,17-19H,1H2,(H2,12,13,14);2-4,6-9H,1H2,(H,11,12)(H2,13,14,15)/t3-,5-,6-,9-;2-,3-,4-/m11/s1. The largest absolute Gasteiger partial charge is 0.477 e. The van der Waals surface area contributed by atoms with Crippen molar-refractivity contribution in [3.63, 3.8) is 0 Å². The Balaban J connectivity index is 0.000000269. The summed E-state index contributed by atoms with van der Waals surface area (Å²) in [6.07, 6.45) is -9.97. The molecule has 0 aromatic carbocycles. The number of hydrogen-bond donors (Lipinski definition) is 11. The van der Waals surface area contributed by atoms with Crippen molar-refractivity contribution in [1.82, 2.24) is 19.5 Å². The summed E-state index contributed by atoms with van der Waals surface area (Å²) in [5.74, 6) is 0.196. The SMILES string of the molecule is Nc1ncnc2c1nc(Br)n2[C@@H]1O[C@H](CO)[C@@H](O)[C@H]1O.O=C([C@H](O)[C@H](O)[C@H](O)CO)P(=O)(O)OP(=O)(O)O. The molecule has 1 unspecified atom stereocenters. The summed E-state index contributed by atoms with van der Waals surface area (Å²) in [5, 5.41) is 64.4. The van der Waals surface area contributed by atoms with Crippen LogP contribution in [0.3, 0.4) is 0 Å². The molecule has 1 aliphatic rings. The van der Waals surface area contributed by atoms with Crippen LogP contribution in [-0.4, -0.2) is 125 Å². The molecule has 0 amide bonds. The first kappa shape index (κ1) is 32.7. The van der Waals surface area contributed by atoms with Gasteiger partial charge in [-0.25, -0.2) is 23.8 Å². The Morgan fingerprint density at radius 3 is 2.26 bits per heavy atom. The second-order valence-electron chi connectivity index (χ2n) is 7.53. The topological polar surface area (TPSA) is 342 Å². The molecule has 0 bridgehead atoms. The van der Waals surface area contributed by atoms with Crippen molar-refractivity contribution >= 4 is 53.9 Å². The summed E-state index contributed by atoms with van der Waals surface area (Å²) in [6, 6.07) is 0. The number of carbonyl (C=O) groups is 1. The Hall–Kier alpha value is -1.52. The molecule has 0 radical (unpaired) electrons. The van der Waals surface area contributed by atoms with Crippen LogP contribution < -0.4 is 5.73 Å². The fraction of sp³-hybridized carbons (Fsp3) is 0.600. The van der Waals surface area contributed by atoms with Gasteiger partial charge < -0.3 is 60.9 Å². The van der Waals surface area contributed by atoms with Crippen LogP contribution in [0.4, 0.5) is 5.82 Å². The fourth-order valence-corrected chi connectivity index (χ4v) is 5.54. The van der Waals surface area contributed by atoms with Gasteiger partial charge in [-0.15, -0.1) is 0 Å². The lowest BCUT2D eigenvalue weighted by atomic mass is 10.1. The number of nitrogen functional groups attached to an aromatic ring is 1. The Morgan fingerprint density at radius 2 is 1.76 bits per heavy atom. The number of aliphatic hydroxyl groups is 7. The van der Waals surface area contributed by atoms with Crippen LogP contribution in [0.25, 0.3) is 11.2 Å². The van der Waals surface area contributed by atoms with E-state index < -0.39 is 77.0 Å². The van der Waals surface area contributed by atoms with E-state index in [-0.39, 0.29) is 5.82 Å². The number of carbonyl (C=O) groups excluding carboxylic acids is 1. The second kappa shape index (κ2) is 12.8. The highest BCUT2D eigenvalue weighted by atomic mass is 79.9. The maximum absolute atomic E-state index is 11.1. The summed E-state index contributed by atoms with van der Waals surface area (Å²) in [7, 11) is -11.1. The van der Waals surface area contributed by atoms with Crippen molar-refractivity contribution in [3.8, 4) is 0 Å². The molecule has 2 aromatic heterocycles. The van der Waals surface area contributed by atoms with Crippen LogP contribution in [-0.2, 0) is 23.0 Å². The number of anilines is 1. The Labute approximate surface area is 219 Å². The maximum atomic E-state index is 11.1. The molecule has 1 saturated heterocycles. The van der Waals surface area contributed by atoms with Crippen molar-refractivity contribution in [2.75, 3.05) is 18.9 Å². The lowest BCUT2D eigenvalue weighted by Crippen LogP contribution is -2.43. The molecule has 216 valence electrons. The molecule has 0 spiro atoms. The van der Waals surface area contributed by atoms with Crippen molar-refractivity contribution in [3.05, 3.63) is 11.1 Å². The van der Waals surface area contributed by atoms with Crippen LogP contribution in [0.5, 0.6) is 0 Å². The van der Waals surface area contributed by atoms with E-state index in [0.717, 1.165) is 0 Å². The molecule has 3 heterocycles. The van der Waals surface area contributed by atoms with Crippen LogP contribution in [0, 0.1) is 0 Å². The number of aliphatic hydroxyl groups excluding tert-OH is 7. The number of ether oxygens (including phenoxy) is 1. The van der Waals surface area contributed by atoms with Gasteiger partial charge >= 0.3 is 15.4 Å². The molecule has 1 fully saturated rings. The van der Waals surface area contributed by atoms with Crippen molar-refractivity contribution in [2.45, 2.75) is 42.9 Å². The number of phosphoric acid groups is 1. The van der Waals surface area contributed by atoms with Crippen molar-refractivity contribution < 1.29 is 73.4 Å². The number of hydrogen-bond acceptors (Lipinski definition) is 16. The summed E-state index contributed by atoms with van der Waals surface area (Å²) < 4.78 is 31.9. The first-order chi connectivity index (χ1) is 17.5. The zero-order valence-electron chi connectivity index (χ0n) is 18.7. The van der Waals surface area contributed by atoms with Crippen molar-refractivity contribution in [2.24, 2.45) is 0 Å². The molecule has 2 aromatic rings. The first-order valence-electron chi connectivity index (χ1n) is 10.0. The second-order valence-corrected chi connectivity index (χ2v) is 11.4. The number of rotatable bonds is 9. The van der Waals surface area contributed by atoms with Gasteiger partial charge in [0.1, 0.15) is 36.8 Å². The van der Waals surface area contributed by atoms with Gasteiger partial charge in [-0.1, -0.05) is 0 Å². The molecule has 12 N–H and O–H groups in total. The molecule has 3 rings (SSSR count). The average Bonchev–Trinajstić information content (AvgIpc) is 3.31. The van der Waals surface area contributed by atoms with Gasteiger partial charge in [-0.05, 0) is 15.9 Å². The van der Waals surface area contributed by atoms with Gasteiger partial charge in [-0.2, -0.15) is 0 Å². The van der Waals surface area contributed by atoms with Gasteiger partial charge in [0, 0.05) is 0 Å². The quantitative estimate of drug-likeness (QED) is 0.0897. The monoisotopic (exact) mass is 655 g/mol. The van der Waals surface area contributed by atoms with Crippen molar-refractivity contribution in [1.29, 1.82) is 0 Å². The lowest BCUT2D eigenvalue weighted by Gasteiger charge is -2.21. The normalized spacial score (nSPS) is 25.8. The Morgan fingerprint density at radius 1 is 1.16 bits per heavy atom. The summed E-state index contributed by atoms with van der Waals surface area (Å²) in [5.41, 5.74) is 4.30. The van der Waals surface area contributed by atoms with Gasteiger partial charge in [0.2, 0.25) is 0 Å². The fourth-order valence-electron chi connectivity index (χ4n) is 3.03. The third-order valence-corrected chi connectivity index (χ3v) is 8.00. The highest BCUT2D eigenvalue weighted by molar-refractivity contribution is 9.10. The van der Waals surface area contributed by atoms with E-state index in [1.807, 2.05) is 0 Å². The molecule has 0 saturated carbocycles. The van der Waals surface area contributed by atoms with Gasteiger partial charge in [0.25, 0.3) is 5.52 Å². The van der Waals surface area contributed by atoms with E-state index in [0.29, 0.717) is 15.9 Å². The highest BCUT2D eigenvalue weighted by Gasteiger charge is 2.46. The van der Waals surface area contributed by atoms with E-state index in [9.17, 15) is 24.1 Å². The van der Waals surface area contributed by atoms with E-state index in [1.54, 1.807) is 0 Å². The van der Waals surface area contributed by atoms with Gasteiger partial charge in [0.15, 0.2) is 34.0 Å². The third kappa shape index (κ3) is 7.36. The molecule has 38 heavy (non-hydrogen) atoms.